The number of hydrogen-bond donors (Lipinski definition) is 2. The number of sulfonamides is 1. The second kappa shape index (κ2) is 9.14. The molecule has 2 aromatic carbocycles. The summed E-state index contributed by atoms with van der Waals surface area (Å²) >= 11 is 0. The third kappa shape index (κ3) is 5.49. The maximum atomic E-state index is 12.9. The van der Waals surface area contributed by atoms with Crippen LogP contribution in [0.1, 0.15) is 56.1 Å². The predicted molar refractivity (Wildman–Crippen MR) is 128 cm³/mol. The molecule has 1 amide bonds. The summed E-state index contributed by atoms with van der Waals surface area (Å²) in [5.41, 5.74) is 1.24. The van der Waals surface area contributed by atoms with Gasteiger partial charge in [-0.15, -0.1) is 0 Å². The second-order valence-electron chi connectivity index (χ2n) is 9.26. The van der Waals surface area contributed by atoms with E-state index in [9.17, 15) is 18.0 Å². The van der Waals surface area contributed by atoms with Gasteiger partial charge in [0.25, 0.3) is 5.91 Å². The van der Waals surface area contributed by atoms with Gasteiger partial charge in [0.2, 0.25) is 10.0 Å². The van der Waals surface area contributed by atoms with Gasteiger partial charge in [0.1, 0.15) is 6.61 Å². The van der Waals surface area contributed by atoms with Crippen LogP contribution < -0.4 is 15.9 Å². The number of amides is 1. The van der Waals surface area contributed by atoms with Crippen LogP contribution in [-0.2, 0) is 35.5 Å². The number of nitrogens with two attached hydrogens (primary N) is 1. The first-order chi connectivity index (χ1) is 15.6. The standard InChI is InChI=1S/C23H29BN2O7S/c1-14-11-18(8-10-20(14)34(25,29)30)26-21(28)16-7-9-19(17(12-16)13-31-15(2)27)24-32-22(3,4)23(5,6)33-24/h7-12H,13H2,1-6H3,(H,26,28)(H2,25,29,30). The molecule has 1 fully saturated rings. The van der Waals surface area contributed by atoms with Crippen LogP contribution in [0.5, 0.6) is 0 Å². The molecule has 1 aliphatic heterocycles. The molecule has 1 heterocycles. The van der Waals surface area contributed by atoms with E-state index in [0.29, 0.717) is 27.8 Å². The Hall–Kier alpha value is -2.73. The monoisotopic (exact) mass is 488 g/mol. The number of primary sulfonamides is 1. The number of rotatable bonds is 6. The Morgan fingerprint density at radius 3 is 2.21 bits per heavy atom. The summed E-state index contributed by atoms with van der Waals surface area (Å²) in [6, 6.07) is 9.28. The molecule has 11 heteroatoms. The average Bonchev–Trinajstić information content (AvgIpc) is 2.92. The van der Waals surface area contributed by atoms with Gasteiger partial charge in [-0.3, -0.25) is 9.59 Å². The first-order valence-electron chi connectivity index (χ1n) is 10.7. The van der Waals surface area contributed by atoms with E-state index in [1.54, 1.807) is 25.1 Å². The lowest BCUT2D eigenvalue weighted by Gasteiger charge is -2.32. The fraction of sp³-hybridized carbons (Fsp3) is 0.391. The molecule has 0 radical (unpaired) electrons. The SMILES string of the molecule is CC(=O)OCc1cc(C(=O)Nc2ccc(S(N)(=O)=O)c(C)c2)ccc1B1OC(C)(C)C(C)(C)O1. The van der Waals surface area contributed by atoms with Crippen LogP contribution in [0.15, 0.2) is 41.3 Å². The van der Waals surface area contributed by atoms with Crippen molar-refractivity contribution in [3.63, 3.8) is 0 Å². The van der Waals surface area contributed by atoms with Gasteiger partial charge in [-0.05, 0) is 81.5 Å². The molecule has 0 atom stereocenters. The number of hydrogen-bond acceptors (Lipinski definition) is 7. The molecule has 3 N–H and O–H groups in total. The normalized spacial score (nSPS) is 16.9. The quantitative estimate of drug-likeness (QED) is 0.471. The van der Waals surface area contributed by atoms with Crippen LogP contribution in [0.4, 0.5) is 5.69 Å². The molecule has 34 heavy (non-hydrogen) atoms. The molecular formula is C23H29BN2O7S. The van der Waals surface area contributed by atoms with Crippen LogP contribution in [0.3, 0.4) is 0 Å². The first kappa shape index (κ1) is 25.9. The summed E-state index contributed by atoms with van der Waals surface area (Å²) in [6.07, 6.45) is 0. The molecule has 0 aliphatic carbocycles. The molecule has 9 nitrogen and oxygen atoms in total. The van der Waals surface area contributed by atoms with Crippen molar-refractivity contribution < 1.29 is 32.1 Å². The lowest BCUT2D eigenvalue weighted by molar-refractivity contribution is -0.142. The number of anilines is 1. The number of nitrogens with one attached hydrogen (secondary N) is 1. The summed E-state index contributed by atoms with van der Waals surface area (Å²) in [4.78, 5) is 24.3. The van der Waals surface area contributed by atoms with Crippen molar-refractivity contribution >= 4 is 40.2 Å². The molecule has 0 unspecified atom stereocenters. The summed E-state index contributed by atoms with van der Waals surface area (Å²) < 4.78 is 40.7. The number of ether oxygens (including phenoxy) is 1. The van der Waals surface area contributed by atoms with E-state index in [2.05, 4.69) is 5.32 Å². The summed E-state index contributed by atoms with van der Waals surface area (Å²) in [7, 11) is -4.55. The van der Waals surface area contributed by atoms with E-state index >= 15 is 0 Å². The Balaban J connectivity index is 1.89. The molecule has 0 aromatic heterocycles. The number of carbonyl (C=O) groups excluding carboxylic acids is 2. The van der Waals surface area contributed by atoms with E-state index in [4.69, 9.17) is 19.2 Å². The number of aryl methyl sites for hydroxylation is 1. The first-order valence-corrected chi connectivity index (χ1v) is 12.2. The molecule has 182 valence electrons. The zero-order valence-electron chi connectivity index (χ0n) is 20.1. The van der Waals surface area contributed by atoms with E-state index in [1.807, 2.05) is 27.7 Å². The van der Waals surface area contributed by atoms with Gasteiger partial charge >= 0.3 is 13.1 Å². The Morgan fingerprint density at radius 1 is 1.06 bits per heavy atom. The topological polar surface area (TPSA) is 134 Å². The van der Waals surface area contributed by atoms with Gasteiger partial charge in [0.15, 0.2) is 0 Å². The minimum Gasteiger partial charge on any atom is -0.461 e. The third-order valence-electron chi connectivity index (χ3n) is 6.08. The predicted octanol–water partition coefficient (Wildman–Crippen LogP) is 2.26. The number of carbonyl (C=O) groups is 2. The van der Waals surface area contributed by atoms with Crippen LogP contribution in [-0.4, -0.2) is 38.6 Å². The van der Waals surface area contributed by atoms with E-state index in [1.165, 1.54) is 25.1 Å². The van der Waals surface area contributed by atoms with Crippen LogP contribution >= 0.6 is 0 Å². The highest BCUT2D eigenvalue weighted by atomic mass is 32.2. The smallest absolute Gasteiger partial charge is 0.461 e. The number of benzene rings is 2. The van der Waals surface area contributed by atoms with E-state index < -0.39 is 40.2 Å². The van der Waals surface area contributed by atoms with Crippen molar-refractivity contribution in [2.75, 3.05) is 5.32 Å². The second-order valence-corrected chi connectivity index (χ2v) is 10.8. The van der Waals surface area contributed by atoms with Crippen molar-refractivity contribution in [2.24, 2.45) is 5.14 Å². The fourth-order valence-corrected chi connectivity index (χ4v) is 4.27. The lowest BCUT2D eigenvalue weighted by Crippen LogP contribution is -2.41. The Morgan fingerprint density at radius 2 is 1.68 bits per heavy atom. The Labute approximate surface area is 200 Å². The van der Waals surface area contributed by atoms with Crippen molar-refractivity contribution in [3.05, 3.63) is 53.1 Å². The molecule has 1 saturated heterocycles. The minimum absolute atomic E-state index is 0.0130. The van der Waals surface area contributed by atoms with Gasteiger partial charge in [0, 0.05) is 18.2 Å². The van der Waals surface area contributed by atoms with Gasteiger partial charge in [-0.25, -0.2) is 13.6 Å². The molecule has 0 bridgehead atoms. The maximum absolute atomic E-state index is 12.9. The van der Waals surface area contributed by atoms with Gasteiger partial charge in [-0.1, -0.05) is 6.07 Å². The molecule has 3 rings (SSSR count). The highest BCUT2D eigenvalue weighted by Crippen LogP contribution is 2.36. The van der Waals surface area contributed by atoms with Crippen molar-refractivity contribution in [2.45, 2.75) is 64.2 Å². The van der Waals surface area contributed by atoms with Crippen LogP contribution in [0, 0.1) is 6.92 Å². The highest BCUT2D eigenvalue weighted by molar-refractivity contribution is 7.89. The van der Waals surface area contributed by atoms with Crippen molar-refractivity contribution in [1.29, 1.82) is 0 Å². The van der Waals surface area contributed by atoms with E-state index in [-0.39, 0.29) is 11.5 Å². The zero-order valence-corrected chi connectivity index (χ0v) is 20.9. The highest BCUT2D eigenvalue weighted by Gasteiger charge is 2.52. The van der Waals surface area contributed by atoms with Crippen molar-refractivity contribution in [1.82, 2.24) is 0 Å². The maximum Gasteiger partial charge on any atom is 0.495 e. The lowest BCUT2D eigenvalue weighted by atomic mass is 9.75. The van der Waals surface area contributed by atoms with Gasteiger partial charge in [0.05, 0.1) is 16.1 Å². The fourth-order valence-electron chi connectivity index (χ4n) is 3.50. The molecular weight excluding hydrogens is 459 g/mol. The van der Waals surface area contributed by atoms with Crippen molar-refractivity contribution in [3.8, 4) is 0 Å². The largest absolute Gasteiger partial charge is 0.495 e. The summed E-state index contributed by atoms with van der Waals surface area (Å²) in [5.74, 6) is -0.882. The van der Waals surface area contributed by atoms with Gasteiger partial charge in [-0.2, -0.15) is 0 Å². The van der Waals surface area contributed by atoms with Gasteiger partial charge < -0.3 is 19.4 Å². The summed E-state index contributed by atoms with van der Waals surface area (Å²) in [6.45, 7) is 10.6. The molecule has 0 spiro atoms. The molecule has 0 saturated carbocycles. The summed E-state index contributed by atoms with van der Waals surface area (Å²) in [5, 5.41) is 7.93. The Kier molecular flexibility index (Phi) is 6.96. The average molecular weight is 488 g/mol. The van der Waals surface area contributed by atoms with Crippen LogP contribution in [0.25, 0.3) is 0 Å². The zero-order chi connectivity index (χ0) is 25.5. The third-order valence-corrected chi connectivity index (χ3v) is 7.15. The number of esters is 1. The molecule has 2 aromatic rings. The minimum atomic E-state index is -3.86. The Bertz CT molecular complexity index is 1230. The molecule has 1 aliphatic rings. The van der Waals surface area contributed by atoms with Crippen LogP contribution in [0.2, 0.25) is 0 Å². The van der Waals surface area contributed by atoms with E-state index in [0.717, 1.165) is 0 Å².